The number of methoxy groups -OCH3 is 3. The van der Waals surface area contributed by atoms with Crippen LogP contribution in [0, 0.1) is 0 Å². The van der Waals surface area contributed by atoms with Crippen LogP contribution in [0.1, 0.15) is 51.1 Å². The molecule has 2 atom stereocenters. The zero-order valence-electron chi connectivity index (χ0n) is 31.7. The summed E-state index contributed by atoms with van der Waals surface area (Å²) in [5, 5.41) is 8.99. The number of hydrogen-bond acceptors (Lipinski definition) is 12. The summed E-state index contributed by atoms with van der Waals surface area (Å²) in [6.45, 7) is 0.649. The lowest BCUT2D eigenvalue weighted by Gasteiger charge is -2.19. The minimum Gasteiger partial charge on any atom is -0.497 e. The highest BCUT2D eigenvalue weighted by atomic mass is 16.5. The van der Waals surface area contributed by atoms with Crippen LogP contribution in [0.2, 0.25) is 0 Å². The van der Waals surface area contributed by atoms with Gasteiger partial charge < -0.3 is 43.3 Å². The van der Waals surface area contributed by atoms with Crippen molar-refractivity contribution >= 4 is 46.8 Å². The monoisotopic (exact) mass is 771 g/mol. The normalized spacial score (nSPS) is 17.8. The molecule has 2 unspecified atom stereocenters. The van der Waals surface area contributed by atoms with Crippen LogP contribution >= 0.6 is 0 Å². The lowest BCUT2D eigenvalue weighted by atomic mass is 10.0. The van der Waals surface area contributed by atoms with E-state index in [-0.39, 0.29) is 43.7 Å². The molecule has 0 saturated carbocycles. The highest BCUT2D eigenvalue weighted by molar-refractivity contribution is 6.06. The average Bonchev–Trinajstić information content (AvgIpc) is 3.83. The number of benzene rings is 3. The summed E-state index contributed by atoms with van der Waals surface area (Å²) in [5.41, 5.74) is 5.70. The van der Waals surface area contributed by atoms with Crippen LogP contribution in [0.3, 0.4) is 0 Å². The number of aliphatic imine (C=N–C) groups is 2. The van der Waals surface area contributed by atoms with Crippen molar-refractivity contribution in [3.63, 3.8) is 0 Å². The molecule has 57 heavy (non-hydrogen) atoms. The number of fused-ring (bicyclic) bond motifs is 4. The minimum atomic E-state index is -0.265. The average molecular weight is 772 g/mol. The molecule has 14 heteroatoms. The van der Waals surface area contributed by atoms with Gasteiger partial charge in [-0.25, -0.2) is 4.98 Å². The van der Waals surface area contributed by atoms with E-state index in [1.165, 1.54) is 14.2 Å². The summed E-state index contributed by atoms with van der Waals surface area (Å²) in [5.74, 6) is 2.57. The Balaban J connectivity index is 0.895. The Labute approximate surface area is 329 Å². The van der Waals surface area contributed by atoms with E-state index >= 15 is 0 Å². The molecule has 4 aromatic rings. The second-order valence-corrected chi connectivity index (χ2v) is 13.6. The molecule has 0 aliphatic carbocycles. The van der Waals surface area contributed by atoms with Crippen molar-refractivity contribution in [1.29, 1.82) is 0 Å². The molecule has 8 rings (SSSR count). The second kappa shape index (κ2) is 16.2. The molecule has 0 fully saturated rings. The van der Waals surface area contributed by atoms with Gasteiger partial charge in [-0.1, -0.05) is 12.1 Å². The summed E-state index contributed by atoms with van der Waals surface area (Å²) in [4.78, 5) is 44.6. The number of rotatable bonds is 14. The maximum atomic E-state index is 13.8. The molecule has 3 aromatic carbocycles. The van der Waals surface area contributed by atoms with Crippen LogP contribution < -0.4 is 28.4 Å². The molecule has 0 radical (unpaired) electrons. The highest BCUT2D eigenvalue weighted by Crippen LogP contribution is 2.42. The van der Waals surface area contributed by atoms with Gasteiger partial charge in [0.2, 0.25) is 5.88 Å². The molecule has 0 bridgehead atoms. The zero-order valence-corrected chi connectivity index (χ0v) is 31.7. The third-order valence-electron chi connectivity index (χ3n) is 10.1. The molecule has 0 saturated heterocycles. The first-order valence-electron chi connectivity index (χ1n) is 18.6. The maximum Gasteiger partial charge on any atom is 0.260 e. The topological polar surface area (TPSA) is 154 Å². The van der Waals surface area contributed by atoms with Crippen LogP contribution in [-0.2, 0) is 0 Å². The Hall–Kier alpha value is -6.67. The largest absolute Gasteiger partial charge is 0.497 e. The van der Waals surface area contributed by atoms with E-state index in [9.17, 15) is 9.59 Å². The number of hydrogen-bond donors (Lipinski definition) is 1. The third-order valence-corrected chi connectivity index (χ3v) is 10.1. The predicted molar refractivity (Wildman–Crippen MR) is 213 cm³/mol. The molecule has 5 heterocycles. The standard InChI is InChI=1S/C43H41N5O9/c1-52-32-8-5-26(6-9-32)28-15-30-22-44-35-19-39(37(53-2)17-33(35)42(50)47(30)24-28)55-12-4-13-56-40-20-36-34(18-38(40)54-3)43(51)48-25-29(16-31(48)23-45-36)27-7-10-41(46-21-27)57-14-11-49/h5-10,17-25,30-31,49H,4,11-16H2,1-3H3. The van der Waals surface area contributed by atoms with E-state index in [4.69, 9.17) is 38.5 Å². The van der Waals surface area contributed by atoms with Gasteiger partial charge in [0.05, 0.1) is 75.7 Å². The molecule has 292 valence electrons. The van der Waals surface area contributed by atoms with Crippen molar-refractivity contribution in [3.8, 4) is 34.6 Å². The van der Waals surface area contributed by atoms with E-state index in [0.717, 1.165) is 28.0 Å². The molecule has 4 aliphatic rings. The van der Waals surface area contributed by atoms with Crippen LogP contribution in [0.25, 0.3) is 11.1 Å². The van der Waals surface area contributed by atoms with Gasteiger partial charge in [-0.15, -0.1) is 0 Å². The number of aliphatic hydroxyl groups excluding tert-OH is 1. The Morgan fingerprint density at radius 3 is 1.68 bits per heavy atom. The van der Waals surface area contributed by atoms with Gasteiger partial charge in [0.1, 0.15) is 12.4 Å². The highest BCUT2D eigenvalue weighted by Gasteiger charge is 2.35. The molecule has 1 aromatic heterocycles. The van der Waals surface area contributed by atoms with Crippen LogP contribution in [0.5, 0.6) is 34.6 Å². The van der Waals surface area contributed by atoms with Crippen molar-refractivity contribution in [3.05, 3.63) is 102 Å². The van der Waals surface area contributed by atoms with Gasteiger partial charge in [0.25, 0.3) is 11.8 Å². The van der Waals surface area contributed by atoms with E-state index in [0.29, 0.717) is 77.2 Å². The number of nitrogens with zero attached hydrogens (tertiary/aromatic N) is 5. The van der Waals surface area contributed by atoms with Gasteiger partial charge in [0.15, 0.2) is 23.0 Å². The maximum absolute atomic E-state index is 13.8. The number of ether oxygens (including phenoxy) is 6. The smallest absolute Gasteiger partial charge is 0.260 e. The lowest BCUT2D eigenvalue weighted by Crippen LogP contribution is -2.32. The molecule has 0 spiro atoms. The molecule has 4 aliphatic heterocycles. The summed E-state index contributed by atoms with van der Waals surface area (Å²) < 4.78 is 34.2. The van der Waals surface area contributed by atoms with Crippen molar-refractivity contribution in [1.82, 2.24) is 14.8 Å². The molecular formula is C43H41N5O9. The molecule has 2 amide bonds. The zero-order chi connectivity index (χ0) is 39.5. The van der Waals surface area contributed by atoms with Gasteiger partial charge in [-0.3, -0.25) is 19.6 Å². The first-order chi connectivity index (χ1) is 27.9. The Bertz CT molecular complexity index is 2300. The van der Waals surface area contributed by atoms with Gasteiger partial charge in [-0.05, 0) is 52.6 Å². The minimum absolute atomic E-state index is 0.0939. The van der Waals surface area contributed by atoms with Crippen LogP contribution in [0.15, 0.2) is 89.2 Å². The summed E-state index contributed by atoms with van der Waals surface area (Å²) in [7, 11) is 4.69. The number of pyridine rings is 1. The number of aromatic nitrogens is 1. The third kappa shape index (κ3) is 7.51. The van der Waals surface area contributed by atoms with Gasteiger partial charge >= 0.3 is 0 Å². The molecule has 14 nitrogen and oxygen atoms in total. The van der Waals surface area contributed by atoms with Crippen molar-refractivity contribution in [2.45, 2.75) is 31.3 Å². The van der Waals surface area contributed by atoms with Crippen LogP contribution in [0.4, 0.5) is 11.4 Å². The molecule has 1 N–H and O–H groups in total. The lowest BCUT2D eigenvalue weighted by molar-refractivity contribution is 0.0809. The fourth-order valence-electron chi connectivity index (χ4n) is 7.18. The van der Waals surface area contributed by atoms with Crippen molar-refractivity contribution in [2.24, 2.45) is 9.98 Å². The predicted octanol–water partition coefficient (Wildman–Crippen LogP) is 6.27. The van der Waals surface area contributed by atoms with E-state index < -0.39 is 0 Å². The second-order valence-electron chi connectivity index (χ2n) is 13.6. The van der Waals surface area contributed by atoms with Gasteiger partial charge in [0, 0.05) is 68.5 Å². The number of carbonyl (C=O) groups excluding carboxylic acids is 2. The van der Waals surface area contributed by atoms with Gasteiger partial charge in [-0.2, -0.15) is 0 Å². The first kappa shape index (κ1) is 37.3. The first-order valence-corrected chi connectivity index (χ1v) is 18.6. The Morgan fingerprint density at radius 2 is 1.19 bits per heavy atom. The fourth-order valence-corrected chi connectivity index (χ4v) is 7.18. The number of amides is 2. The Morgan fingerprint density at radius 1 is 0.649 bits per heavy atom. The fraction of sp³-hybridized carbons (Fsp3) is 0.279. The van der Waals surface area contributed by atoms with E-state index in [1.807, 2.05) is 42.7 Å². The quantitative estimate of drug-likeness (QED) is 0.145. The Kier molecular flexibility index (Phi) is 10.6. The number of aliphatic hydroxyl groups is 1. The molecular weight excluding hydrogens is 730 g/mol. The van der Waals surface area contributed by atoms with E-state index in [1.54, 1.807) is 65.9 Å². The van der Waals surface area contributed by atoms with E-state index in [2.05, 4.69) is 9.98 Å². The SMILES string of the molecule is COc1ccc(C2=CN3C(=O)c4cc(OC)c(OCCCOc5cc6c(cc5OC)C(=O)N5C=C(c7ccc(OCCO)nc7)CC5C=N6)cc4N=CC3C2)cc1. The van der Waals surface area contributed by atoms with Crippen molar-refractivity contribution in [2.75, 3.05) is 47.8 Å². The summed E-state index contributed by atoms with van der Waals surface area (Å²) in [6, 6.07) is 17.7. The van der Waals surface area contributed by atoms with Crippen LogP contribution in [-0.4, -0.2) is 104 Å². The van der Waals surface area contributed by atoms with Crippen molar-refractivity contribution < 1.29 is 43.1 Å². The number of carbonyl (C=O) groups is 2. The summed E-state index contributed by atoms with van der Waals surface area (Å²) >= 11 is 0. The summed E-state index contributed by atoms with van der Waals surface area (Å²) in [6.07, 6.45) is 10.7.